The number of hydrogen-bond donors (Lipinski definition) is 1. The van der Waals surface area contributed by atoms with Crippen molar-refractivity contribution in [1.82, 2.24) is 9.97 Å². The second-order valence-electron chi connectivity index (χ2n) is 0.974. The summed E-state index contributed by atoms with van der Waals surface area (Å²) in [6.45, 7) is 4.00. The van der Waals surface area contributed by atoms with Gasteiger partial charge in [0.15, 0.2) is 7.85 Å². The van der Waals surface area contributed by atoms with Crippen molar-refractivity contribution in [2.75, 3.05) is 0 Å². The first-order valence-electron chi connectivity index (χ1n) is 2.64. The third-order valence-corrected chi connectivity index (χ3v) is 0.519. The Kier molecular flexibility index (Phi) is 4.03. The first-order chi connectivity index (χ1) is 3.89. The van der Waals surface area contributed by atoms with Crippen LogP contribution in [-0.4, -0.2) is 17.8 Å². The smallest absolute Gasteiger partial charge is 0.167 e. The van der Waals surface area contributed by atoms with Gasteiger partial charge in [-0.25, -0.2) is 0 Å². The topological polar surface area (TPSA) is 28.7 Å². The molecule has 0 saturated heterocycles. The third-order valence-electron chi connectivity index (χ3n) is 0.519. The van der Waals surface area contributed by atoms with Gasteiger partial charge in [-0.05, 0) is 0 Å². The molecule has 2 nitrogen and oxygen atoms in total. The standard InChI is InChI=1S/C3H3BN2.C2H6.H2/c4-3-5-1-2-6-3;1-2;/h1-2H,(H,5,6);1-2H3;1H. The molecular weight excluding hydrogens is 98.9 g/mol. The van der Waals surface area contributed by atoms with Crippen LogP contribution in [0.4, 0.5) is 0 Å². The molecule has 8 heavy (non-hydrogen) atoms. The molecule has 44 valence electrons. The molecule has 0 fully saturated rings. The summed E-state index contributed by atoms with van der Waals surface area (Å²) < 4.78 is 0. The molecule has 1 N–H and O–H groups in total. The molecule has 1 rings (SSSR count). The highest BCUT2D eigenvalue weighted by Crippen LogP contribution is 1.59. The van der Waals surface area contributed by atoms with Crippen LogP contribution in [0.25, 0.3) is 0 Å². The van der Waals surface area contributed by atoms with E-state index in [2.05, 4.69) is 9.97 Å². The van der Waals surface area contributed by atoms with Crippen LogP contribution in [0.3, 0.4) is 0 Å². The molecule has 0 amide bonds. The fourth-order valence-electron chi connectivity index (χ4n) is 0.277. The summed E-state index contributed by atoms with van der Waals surface area (Å²) in [5.41, 5.74) is 0.468. The second kappa shape index (κ2) is 4.43. The Morgan fingerprint density at radius 2 is 2.38 bits per heavy atom. The molecule has 1 aromatic heterocycles. The molecule has 1 heterocycles. The summed E-state index contributed by atoms with van der Waals surface area (Å²) >= 11 is 0. The van der Waals surface area contributed by atoms with Gasteiger partial charge in [0.05, 0.1) is 0 Å². The summed E-state index contributed by atoms with van der Waals surface area (Å²) in [6, 6.07) is 0. The van der Waals surface area contributed by atoms with Gasteiger partial charge in [0.2, 0.25) is 0 Å². The van der Waals surface area contributed by atoms with Crippen molar-refractivity contribution in [3.63, 3.8) is 0 Å². The molecule has 0 bridgehead atoms. The van der Waals surface area contributed by atoms with Gasteiger partial charge in [0, 0.05) is 19.5 Å². The zero-order valence-corrected chi connectivity index (χ0v) is 5.18. The number of aromatic amines is 1. The molecule has 0 aromatic carbocycles. The van der Waals surface area contributed by atoms with E-state index in [9.17, 15) is 0 Å². The lowest BCUT2D eigenvalue weighted by atomic mass is 10.1. The highest BCUT2D eigenvalue weighted by Gasteiger charge is 1.73. The van der Waals surface area contributed by atoms with E-state index in [4.69, 9.17) is 7.85 Å². The lowest BCUT2D eigenvalue weighted by Gasteiger charge is -1.69. The normalized spacial score (nSPS) is 7.25. The number of H-pyrrole nitrogens is 1. The number of aromatic nitrogens is 2. The lowest BCUT2D eigenvalue weighted by molar-refractivity contribution is 1.41. The van der Waals surface area contributed by atoms with Crippen molar-refractivity contribution in [1.29, 1.82) is 0 Å². The zero-order valence-electron chi connectivity index (χ0n) is 5.18. The second-order valence-corrected chi connectivity index (χ2v) is 0.974. The first kappa shape index (κ1) is 7.27. The predicted octanol–water partition coefficient (Wildman–Crippen LogP) is 0.476. The minimum absolute atomic E-state index is 0. The van der Waals surface area contributed by atoms with E-state index in [1.54, 1.807) is 12.4 Å². The summed E-state index contributed by atoms with van der Waals surface area (Å²) in [5, 5.41) is 0. The average molecular weight is 110 g/mol. The van der Waals surface area contributed by atoms with Crippen LogP contribution >= 0.6 is 0 Å². The Balaban J connectivity index is 0. The predicted molar refractivity (Wildman–Crippen MR) is 37.4 cm³/mol. The van der Waals surface area contributed by atoms with Crippen molar-refractivity contribution in [2.24, 2.45) is 0 Å². The van der Waals surface area contributed by atoms with Crippen LogP contribution in [0.1, 0.15) is 15.3 Å². The van der Waals surface area contributed by atoms with Gasteiger partial charge < -0.3 is 4.98 Å². The van der Waals surface area contributed by atoms with Gasteiger partial charge in [0.25, 0.3) is 0 Å². The first-order valence-corrected chi connectivity index (χ1v) is 2.64. The summed E-state index contributed by atoms with van der Waals surface area (Å²) in [6.07, 6.45) is 3.28. The van der Waals surface area contributed by atoms with Crippen molar-refractivity contribution in [3.05, 3.63) is 12.4 Å². The van der Waals surface area contributed by atoms with Crippen LogP contribution in [0.15, 0.2) is 12.4 Å². The SMILES string of the molecule is CC.[B]c1ncc[nH]1.[HH]. The molecule has 0 aliphatic rings. The number of nitrogens with one attached hydrogen (secondary N) is 1. The van der Waals surface area contributed by atoms with Gasteiger partial charge in [-0.2, -0.15) is 0 Å². The monoisotopic (exact) mass is 110 g/mol. The Bertz CT molecular complexity index is 119. The molecule has 0 aliphatic carbocycles. The largest absolute Gasteiger partial charge is 0.358 e. The highest BCUT2D eigenvalue weighted by molar-refractivity contribution is 6.28. The zero-order chi connectivity index (χ0) is 6.41. The van der Waals surface area contributed by atoms with Gasteiger partial charge in [-0.1, -0.05) is 13.8 Å². The molecule has 2 radical (unpaired) electrons. The van der Waals surface area contributed by atoms with Crippen LogP contribution in [-0.2, 0) is 0 Å². The maximum atomic E-state index is 5.11. The van der Waals surface area contributed by atoms with E-state index < -0.39 is 0 Å². The van der Waals surface area contributed by atoms with Crippen molar-refractivity contribution in [2.45, 2.75) is 13.8 Å². The van der Waals surface area contributed by atoms with E-state index >= 15 is 0 Å². The number of nitrogens with zero attached hydrogens (tertiary/aromatic N) is 1. The molecule has 3 heteroatoms. The third kappa shape index (κ3) is 2.45. The Hall–Kier alpha value is -0.725. The van der Waals surface area contributed by atoms with Gasteiger partial charge in [-0.15, -0.1) is 0 Å². The lowest BCUT2D eigenvalue weighted by Crippen LogP contribution is -2.04. The molecular formula is C5H11BN2. The van der Waals surface area contributed by atoms with Crippen LogP contribution in [0.2, 0.25) is 0 Å². The summed E-state index contributed by atoms with van der Waals surface area (Å²) in [5.74, 6) is 0. The van der Waals surface area contributed by atoms with E-state index in [-0.39, 0.29) is 1.43 Å². The fraction of sp³-hybridized carbons (Fsp3) is 0.400. The summed E-state index contributed by atoms with van der Waals surface area (Å²) in [7, 11) is 5.11. The molecule has 0 saturated carbocycles. The average Bonchev–Trinajstić information content (AvgIpc) is 2.24. The minimum Gasteiger partial charge on any atom is -0.358 e. The molecule has 0 aliphatic heterocycles. The van der Waals surface area contributed by atoms with E-state index in [1.165, 1.54) is 0 Å². The number of rotatable bonds is 0. The quantitative estimate of drug-likeness (QED) is 0.483. The Morgan fingerprint density at radius 3 is 2.50 bits per heavy atom. The van der Waals surface area contributed by atoms with Crippen molar-refractivity contribution >= 4 is 13.6 Å². The Morgan fingerprint density at radius 1 is 1.75 bits per heavy atom. The van der Waals surface area contributed by atoms with E-state index in [0.717, 1.165) is 0 Å². The number of hydrogen-bond acceptors (Lipinski definition) is 1. The molecule has 0 unspecified atom stereocenters. The van der Waals surface area contributed by atoms with Gasteiger partial charge in [-0.3, -0.25) is 4.98 Å². The molecule has 0 atom stereocenters. The Labute approximate surface area is 52.2 Å². The van der Waals surface area contributed by atoms with Crippen LogP contribution < -0.4 is 5.72 Å². The van der Waals surface area contributed by atoms with Crippen molar-refractivity contribution in [3.8, 4) is 0 Å². The van der Waals surface area contributed by atoms with E-state index in [0.29, 0.717) is 5.72 Å². The van der Waals surface area contributed by atoms with Gasteiger partial charge in [0.1, 0.15) is 0 Å². The van der Waals surface area contributed by atoms with Crippen LogP contribution in [0.5, 0.6) is 0 Å². The molecule has 1 aromatic rings. The fourth-order valence-corrected chi connectivity index (χ4v) is 0.277. The maximum Gasteiger partial charge on any atom is 0.167 e. The highest BCUT2D eigenvalue weighted by atomic mass is 14.9. The summed E-state index contributed by atoms with van der Waals surface area (Å²) in [4.78, 5) is 6.31. The van der Waals surface area contributed by atoms with Crippen LogP contribution in [0, 0.1) is 0 Å². The minimum atomic E-state index is 0. The number of imidazole rings is 1. The van der Waals surface area contributed by atoms with E-state index in [1.807, 2.05) is 13.8 Å². The van der Waals surface area contributed by atoms with Crippen molar-refractivity contribution < 1.29 is 1.43 Å². The maximum absolute atomic E-state index is 5.11. The van der Waals surface area contributed by atoms with Gasteiger partial charge >= 0.3 is 0 Å². The molecule has 0 spiro atoms.